The van der Waals surface area contributed by atoms with Crippen molar-refractivity contribution in [3.05, 3.63) is 58.1 Å². The zero-order chi connectivity index (χ0) is 19.3. The van der Waals surface area contributed by atoms with Gasteiger partial charge in [0.1, 0.15) is 5.75 Å². The quantitative estimate of drug-likeness (QED) is 0.721. The maximum atomic E-state index is 12.4. The van der Waals surface area contributed by atoms with Gasteiger partial charge in [0.2, 0.25) is 15.9 Å². The lowest BCUT2D eigenvalue weighted by atomic mass is 10.0. The molecule has 0 aliphatic carbocycles. The molecule has 2 rings (SSSR count). The molecule has 0 unspecified atom stereocenters. The van der Waals surface area contributed by atoms with Crippen LogP contribution in [0.5, 0.6) is 5.75 Å². The lowest BCUT2D eigenvalue weighted by molar-refractivity contribution is -0.116. The number of ether oxygens (including phenoxy) is 1. The predicted molar refractivity (Wildman–Crippen MR) is 103 cm³/mol. The minimum absolute atomic E-state index is 0.108. The van der Waals surface area contributed by atoms with Crippen LogP contribution in [0.3, 0.4) is 0 Å². The molecule has 0 saturated carbocycles. The van der Waals surface area contributed by atoms with Crippen molar-refractivity contribution in [2.24, 2.45) is 0 Å². The molecule has 0 aliphatic heterocycles. The van der Waals surface area contributed by atoms with E-state index in [9.17, 15) is 13.2 Å². The van der Waals surface area contributed by atoms with E-state index < -0.39 is 16.1 Å². The normalized spacial score (nSPS) is 12.5. The largest absolute Gasteiger partial charge is 0.497 e. The van der Waals surface area contributed by atoms with Gasteiger partial charge in [-0.25, -0.2) is 13.1 Å². The van der Waals surface area contributed by atoms with Crippen LogP contribution in [0.15, 0.2) is 42.5 Å². The van der Waals surface area contributed by atoms with E-state index in [2.05, 4.69) is 10.0 Å². The number of hydrogen-bond donors (Lipinski definition) is 2. The lowest BCUT2D eigenvalue weighted by Gasteiger charge is -2.18. The first-order valence-corrected chi connectivity index (χ1v) is 10.2. The minimum atomic E-state index is -3.52. The van der Waals surface area contributed by atoms with Gasteiger partial charge in [-0.15, -0.1) is 0 Å². The molecule has 1 amide bonds. The smallest absolute Gasteiger partial charge is 0.226 e. The van der Waals surface area contributed by atoms with Crippen LogP contribution in [-0.4, -0.2) is 27.7 Å². The Bertz CT molecular complexity index is 866. The third-order valence-electron chi connectivity index (χ3n) is 3.41. The molecule has 9 heteroatoms. The summed E-state index contributed by atoms with van der Waals surface area (Å²) in [4.78, 5) is 12.4. The van der Waals surface area contributed by atoms with Crippen LogP contribution in [0.2, 0.25) is 10.0 Å². The molecule has 0 spiro atoms. The summed E-state index contributed by atoms with van der Waals surface area (Å²) in [7, 11) is -1.99. The molecule has 0 radical (unpaired) electrons. The van der Waals surface area contributed by atoms with E-state index in [1.807, 2.05) is 0 Å². The Morgan fingerprint density at radius 1 is 1.12 bits per heavy atom. The number of benzene rings is 2. The molecule has 6 nitrogen and oxygen atoms in total. The number of nitrogens with one attached hydrogen (secondary N) is 2. The van der Waals surface area contributed by atoms with Crippen LogP contribution in [0.1, 0.15) is 18.0 Å². The van der Waals surface area contributed by atoms with Gasteiger partial charge in [-0.1, -0.05) is 35.3 Å². The molecule has 0 heterocycles. The number of hydrogen-bond acceptors (Lipinski definition) is 4. The van der Waals surface area contributed by atoms with Gasteiger partial charge in [0.25, 0.3) is 0 Å². The lowest BCUT2D eigenvalue weighted by Crippen LogP contribution is -2.30. The van der Waals surface area contributed by atoms with Crippen molar-refractivity contribution in [2.75, 3.05) is 18.7 Å². The van der Waals surface area contributed by atoms with E-state index in [0.717, 1.165) is 6.26 Å². The van der Waals surface area contributed by atoms with Gasteiger partial charge >= 0.3 is 0 Å². The highest BCUT2D eigenvalue weighted by molar-refractivity contribution is 7.88. The molecule has 1 atom stereocenters. The zero-order valence-electron chi connectivity index (χ0n) is 14.1. The fourth-order valence-corrected chi connectivity index (χ4v) is 3.61. The number of carbonyl (C=O) groups is 1. The Morgan fingerprint density at radius 3 is 2.19 bits per heavy atom. The van der Waals surface area contributed by atoms with Crippen molar-refractivity contribution in [3.8, 4) is 5.75 Å². The van der Waals surface area contributed by atoms with Gasteiger partial charge in [0.05, 0.1) is 19.4 Å². The first-order chi connectivity index (χ1) is 12.2. The molecule has 2 N–H and O–H groups in total. The van der Waals surface area contributed by atoms with Crippen molar-refractivity contribution in [2.45, 2.75) is 12.5 Å². The summed E-state index contributed by atoms with van der Waals surface area (Å²) < 4.78 is 30.9. The topological polar surface area (TPSA) is 84.5 Å². The fourth-order valence-electron chi connectivity index (χ4n) is 2.35. The van der Waals surface area contributed by atoms with Crippen molar-refractivity contribution in [1.29, 1.82) is 0 Å². The summed E-state index contributed by atoms with van der Waals surface area (Å²) in [6.07, 6.45) is 0.932. The van der Waals surface area contributed by atoms with Gasteiger partial charge in [0.15, 0.2) is 0 Å². The van der Waals surface area contributed by atoms with E-state index in [-0.39, 0.29) is 12.3 Å². The van der Waals surface area contributed by atoms with Gasteiger partial charge in [-0.3, -0.25) is 4.79 Å². The number of halogens is 2. The van der Waals surface area contributed by atoms with E-state index in [4.69, 9.17) is 27.9 Å². The van der Waals surface area contributed by atoms with Crippen LogP contribution in [0.4, 0.5) is 5.69 Å². The van der Waals surface area contributed by atoms with Crippen LogP contribution in [0.25, 0.3) is 0 Å². The average Bonchev–Trinajstić information content (AvgIpc) is 2.52. The second-order valence-corrected chi connectivity index (χ2v) is 8.28. The molecule has 0 aliphatic rings. The van der Waals surface area contributed by atoms with Crippen LogP contribution < -0.4 is 14.8 Å². The summed E-state index contributed by atoms with van der Waals surface area (Å²) in [5.74, 6) is 0.241. The van der Waals surface area contributed by atoms with Crippen LogP contribution >= 0.6 is 23.2 Å². The number of amides is 1. The first-order valence-electron chi connectivity index (χ1n) is 7.53. The van der Waals surface area contributed by atoms with Gasteiger partial charge in [-0.05, 0) is 35.9 Å². The summed E-state index contributed by atoms with van der Waals surface area (Å²) in [6, 6.07) is 10.7. The number of carbonyl (C=O) groups excluding carboxylic acids is 1. The van der Waals surface area contributed by atoms with Crippen molar-refractivity contribution < 1.29 is 17.9 Å². The maximum absolute atomic E-state index is 12.4. The number of sulfonamides is 1. The molecule has 26 heavy (non-hydrogen) atoms. The Kier molecular flexibility index (Phi) is 6.88. The zero-order valence-corrected chi connectivity index (χ0v) is 16.5. The maximum Gasteiger partial charge on any atom is 0.226 e. The molecular formula is C17H18Cl2N2O4S. The second-order valence-electron chi connectivity index (χ2n) is 5.63. The molecule has 2 aromatic rings. The highest BCUT2D eigenvalue weighted by Gasteiger charge is 2.20. The van der Waals surface area contributed by atoms with E-state index in [0.29, 0.717) is 27.0 Å². The number of rotatable bonds is 7. The third kappa shape index (κ3) is 6.49. The van der Waals surface area contributed by atoms with Crippen LogP contribution in [0, 0.1) is 0 Å². The Hall–Kier alpha value is -1.80. The van der Waals surface area contributed by atoms with Gasteiger partial charge in [-0.2, -0.15) is 0 Å². The summed E-state index contributed by atoms with van der Waals surface area (Å²) in [5.41, 5.74) is 1.07. The number of methoxy groups -OCH3 is 1. The average molecular weight is 417 g/mol. The molecule has 0 fully saturated rings. The summed E-state index contributed by atoms with van der Waals surface area (Å²) in [5, 5.41) is 3.43. The molecule has 0 bridgehead atoms. The third-order valence-corrected chi connectivity index (χ3v) is 4.56. The van der Waals surface area contributed by atoms with E-state index in [1.165, 1.54) is 7.11 Å². The Morgan fingerprint density at radius 2 is 1.69 bits per heavy atom. The Balaban J connectivity index is 2.18. The van der Waals surface area contributed by atoms with Crippen molar-refractivity contribution in [3.63, 3.8) is 0 Å². The summed E-state index contributed by atoms with van der Waals surface area (Å²) in [6.45, 7) is 0. The SMILES string of the molecule is COc1ccc([C@H](CC(=O)Nc2cc(Cl)cc(Cl)c2)NS(C)(=O)=O)cc1. The van der Waals surface area contributed by atoms with E-state index >= 15 is 0 Å². The minimum Gasteiger partial charge on any atom is -0.497 e. The predicted octanol–water partition coefficient (Wildman–Crippen LogP) is 3.62. The summed E-state index contributed by atoms with van der Waals surface area (Å²) >= 11 is 11.8. The monoisotopic (exact) mass is 416 g/mol. The van der Waals surface area contributed by atoms with Crippen LogP contribution in [-0.2, 0) is 14.8 Å². The van der Waals surface area contributed by atoms with Crippen molar-refractivity contribution >= 4 is 44.8 Å². The second kappa shape index (κ2) is 8.73. The Labute approximate surface area is 162 Å². The van der Waals surface area contributed by atoms with Gasteiger partial charge in [0, 0.05) is 22.2 Å². The van der Waals surface area contributed by atoms with Crippen molar-refractivity contribution in [1.82, 2.24) is 4.72 Å². The number of anilines is 1. The fraction of sp³-hybridized carbons (Fsp3) is 0.235. The molecular weight excluding hydrogens is 399 g/mol. The first kappa shape index (κ1) is 20.5. The highest BCUT2D eigenvalue weighted by atomic mass is 35.5. The molecule has 140 valence electrons. The highest BCUT2D eigenvalue weighted by Crippen LogP contribution is 2.24. The molecule has 0 saturated heterocycles. The molecule has 2 aromatic carbocycles. The van der Waals surface area contributed by atoms with E-state index in [1.54, 1.807) is 42.5 Å². The van der Waals surface area contributed by atoms with Gasteiger partial charge < -0.3 is 10.1 Å². The standard InChI is InChI=1S/C17H18Cl2N2O4S/c1-25-15-5-3-11(4-6-15)16(21-26(2,23)24)10-17(22)20-14-8-12(18)7-13(19)9-14/h3-9,16,21H,10H2,1-2H3,(H,20,22)/t16-/m0/s1. The molecule has 0 aromatic heterocycles.